The van der Waals surface area contributed by atoms with Crippen molar-refractivity contribution in [2.75, 3.05) is 0 Å². The van der Waals surface area contributed by atoms with E-state index in [4.69, 9.17) is 9.84 Å². The van der Waals surface area contributed by atoms with Gasteiger partial charge in [-0.05, 0) is 0 Å². The summed E-state index contributed by atoms with van der Waals surface area (Å²) in [6, 6.07) is 1.01. The molecule has 1 saturated heterocycles. The molecular weight excluding hydrogens is 248 g/mol. The highest BCUT2D eigenvalue weighted by Gasteiger charge is 2.47. The Bertz CT molecular complexity index is 577. The van der Waals surface area contributed by atoms with Crippen molar-refractivity contribution in [3.63, 3.8) is 0 Å². The zero-order valence-electron chi connectivity index (χ0n) is 8.89. The van der Waals surface area contributed by atoms with Crippen LogP contribution in [0.25, 0.3) is 0 Å². The second-order valence-electron chi connectivity index (χ2n) is 3.78. The third-order valence-electron chi connectivity index (χ3n) is 2.61. The predicted octanol–water partition coefficient (Wildman–Crippen LogP) is -2.76. The summed E-state index contributed by atoms with van der Waals surface area (Å²) in [5.41, 5.74) is -1.51. The smallest absolute Gasteiger partial charge is 0.335 e. The van der Waals surface area contributed by atoms with Crippen LogP contribution in [-0.2, 0) is 9.53 Å². The number of H-pyrrole nitrogens is 1. The molecule has 0 radical (unpaired) electrons. The fourth-order valence-corrected chi connectivity index (χ4v) is 1.72. The number of carboxylic acids is 1. The molecule has 9 nitrogen and oxygen atoms in total. The van der Waals surface area contributed by atoms with Gasteiger partial charge in [-0.25, -0.2) is 9.59 Å². The molecule has 9 heteroatoms. The zero-order valence-corrected chi connectivity index (χ0v) is 8.89. The lowest BCUT2D eigenvalue weighted by Crippen LogP contribution is -2.38. The Balaban J connectivity index is 2.38. The van der Waals surface area contributed by atoms with Crippen LogP contribution in [0.3, 0.4) is 0 Å². The van der Waals surface area contributed by atoms with E-state index in [0.29, 0.717) is 0 Å². The molecule has 0 unspecified atom stereocenters. The quantitative estimate of drug-likeness (QED) is 0.450. The molecule has 2 heterocycles. The number of nitrogens with one attached hydrogen (secondary N) is 1. The van der Waals surface area contributed by atoms with E-state index in [1.165, 1.54) is 0 Å². The first kappa shape index (κ1) is 12.5. The minimum atomic E-state index is -1.66. The normalized spacial score (nSPS) is 31.4. The maximum absolute atomic E-state index is 11.4. The molecule has 1 aliphatic rings. The molecule has 4 atom stereocenters. The summed E-state index contributed by atoms with van der Waals surface area (Å²) in [5, 5.41) is 27.8. The monoisotopic (exact) mass is 258 g/mol. The van der Waals surface area contributed by atoms with Gasteiger partial charge in [-0.3, -0.25) is 14.3 Å². The Morgan fingerprint density at radius 1 is 1.33 bits per heavy atom. The number of hydrogen-bond acceptors (Lipinski definition) is 6. The molecule has 1 aromatic rings. The first-order valence-electron chi connectivity index (χ1n) is 4.97. The maximum atomic E-state index is 11.4. The fourth-order valence-electron chi connectivity index (χ4n) is 1.72. The molecule has 18 heavy (non-hydrogen) atoms. The number of carboxylic acid groups (broad SMARTS) is 1. The predicted molar refractivity (Wildman–Crippen MR) is 54.9 cm³/mol. The van der Waals surface area contributed by atoms with Crippen LogP contribution in [0, 0.1) is 0 Å². The van der Waals surface area contributed by atoms with Crippen molar-refractivity contribution < 1.29 is 24.9 Å². The van der Waals surface area contributed by atoms with Gasteiger partial charge in [0.15, 0.2) is 12.3 Å². The highest BCUT2D eigenvalue weighted by molar-refractivity contribution is 5.73. The van der Waals surface area contributed by atoms with Gasteiger partial charge in [-0.1, -0.05) is 0 Å². The Labute approximate surface area is 98.9 Å². The summed E-state index contributed by atoms with van der Waals surface area (Å²) in [6.45, 7) is 0. The van der Waals surface area contributed by atoms with Gasteiger partial charge in [-0.15, -0.1) is 0 Å². The number of carbonyl (C=O) groups is 1. The molecular formula is C9H10N2O7. The number of rotatable bonds is 2. The van der Waals surface area contributed by atoms with Crippen molar-refractivity contribution in [2.24, 2.45) is 0 Å². The Kier molecular flexibility index (Phi) is 3.03. The molecule has 0 spiro atoms. The number of aliphatic carboxylic acids is 1. The highest BCUT2D eigenvalue weighted by atomic mass is 16.6. The lowest BCUT2D eigenvalue weighted by molar-refractivity contribution is -0.155. The number of hydrogen-bond donors (Lipinski definition) is 4. The number of nitrogens with zero attached hydrogens (tertiary/aromatic N) is 1. The maximum Gasteiger partial charge on any atom is 0.335 e. The second-order valence-corrected chi connectivity index (χ2v) is 3.78. The van der Waals surface area contributed by atoms with Gasteiger partial charge in [0.2, 0.25) is 0 Å². The molecule has 0 amide bonds. The van der Waals surface area contributed by atoms with Gasteiger partial charge in [0, 0.05) is 12.3 Å². The molecule has 1 aliphatic heterocycles. The van der Waals surface area contributed by atoms with Gasteiger partial charge < -0.3 is 20.1 Å². The summed E-state index contributed by atoms with van der Waals surface area (Å²) < 4.78 is 5.70. The van der Waals surface area contributed by atoms with Gasteiger partial charge in [0.1, 0.15) is 12.2 Å². The minimum Gasteiger partial charge on any atom is -0.479 e. The zero-order chi connectivity index (χ0) is 13.4. The lowest BCUT2D eigenvalue weighted by atomic mass is 10.1. The summed E-state index contributed by atoms with van der Waals surface area (Å²) in [7, 11) is 0. The van der Waals surface area contributed by atoms with Gasteiger partial charge in [0.25, 0.3) is 5.56 Å². The first-order valence-corrected chi connectivity index (χ1v) is 4.97. The van der Waals surface area contributed by atoms with Crippen LogP contribution in [0.2, 0.25) is 0 Å². The molecule has 98 valence electrons. The molecule has 1 fully saturated rings. The van der Waals surface area contributed by atoms with E-state index < -0.39 is 41.8 Å². The molecule has 2 rings (SSSR count). The number of ether oxygens (including phenoxy) is 1. The van der Waals surface area contributed by atoms with Crippen LogP contribution < -0.4 is 11.2 Å². The second kappa shape index (κ2) is 4.37. The highest BCUT2D eigenvalue weighted by Crippen LogP contribution is 2.28. The summed E-state index contributed by atoms with van der Waals surface area (Å²) in [6.07, 6.45) is -5.21. The first-order chi connectivity index (χ1) is 8.41. The topological polar surface area (TPSA) is 142 Å². The van der Waals surface area contributed by atoms with Crippen LogP contribution >= 0.6 is 0 Å². The summed E-state index contributed by atoms with van der Waals surface area (Å²) in [5.74, 6) is -1.46. The largest absolute Gasteiger partial charge is 0.479 e. The van der Waals surface area contributed by atoms with Crippen molar-refractivity contribution in [1.82, 2.24) is 9.55 Å². The van der Waals surface area contributed by atoms with Crippen LogP contribution in [0.4, 0.5) is 0 Å². The number of aromatic nitrogens is 2. The standard InChI is InChI=1S/C9H10N2O7/c12-3-1-2-11(9(17)10-3)7-5(14)4(13)6(18-7)8(15)16/h1-2,4-7,13-14H,(H,15,16)(H,10,12,17)/t4-,5+,6-,7+/m1/s1. The molecule has 0 saturated carbocycles. The molecule has 0 bridgehead atoms. The van der Waals surface area contributed by atoms with Crippen LogP contribution in [0.15, 0.2) is 21.9 Å². The van der Waals surface area contributed by atoms with E-state index in [1.54, 1.807) is 0 Å². The van der Waals surface area contributed by atoms with E-state index >= 15 is 0 Å². The number of aliphatic hydroxyl groups excluding tert-OH is 2. The van der Waals surface area contributed by atoms with E-state index in [0.717, 1.165) is 16.8 Å². The SMILES string of the molecule is O=C(O)[C@@H]1O[C@H](n2ccc(=O)[nH]c2=O)[C@@H](O)[C@H]1O. The van der Waals surface area contributed by atoms with Crippen molar-refractivity contribution in [3.05, 3.63) is 33.1 Å². The molecule has 0 aromatic carbocycles. The Hall–Kier alpha value is -1.97. The van der Waals surface area contributed by atoms with Crippen LogP contribution in [-0.4, -0.2) is 49.2 Å². The number of aliphatic hydroxyl groups is 2. The molecule has 4 N–H and O–H groups in total. The Morgan fingerprint density at radius 3 is 2.50 bits per heavy atom. The van der Waals surface area contributed by atoms with E-state index in [9.17, 15) is 24.6 Å². The van der Waals surface area contributed by atoms with Gasteiger partial charge >= 0.3 is 11.7 Å². The molecule has 1 aromatic heterocycles. The van der Waals surface area contributed by atoms with Gasteiger partial charge in [-0.2, -0.15) is 0 Å². The van der Waals surface area contributed by atoms with Crippen molar-refractivity contribution in [1.29, 1.82) is 0 Å². The van der Waals surface area contributed by atoms with Crippen molar-refractivity contribution in [2.45, 2.75) is 24.5 Å². The third kappa shape index (κ3) is 1.94. The molecule has 0 aliphatic carbocycles. The van der Waals surface area contributed by atoms with E-state index in [1.807, 2.05) is 4.98 Å². The van der Waals surface area contributed by atoms with Crippen LogP contribution in [0.1, 0.15) is 6.23 Å². The Morgan fingerprint density at radius 2 is 2.00 bits per heavy atom. The van der Waals surface area contributed by atoms with E-state index in [2.05, 4.69) is 0 Å². The third-order valence-corrected chi connectivity index (χ3v) is 2.61. The summed E-state index contributed by atoms with van der Waals surface area (Å²) in [4.78, 5) is 35.0. The van der Waals surface area contributed by atoms with E-state index in [-0.39, 0.29) is 0 Å². The lowest BCUT2D eigenvalue weighted by Gasteiger charge is -2.16. The summed E-state index contributed by atoms with van der Waals surface area (Å²) >= 11 is 0. The number of aromatic amines is 1. The average Bonchev–Trinajstić information content (AvgIpc) is 2.57. The average molecular weight is 258 g/mol. The van der Waals surface area contributed by atoms with Crippen molar-refractivity contribution in [3.8, 4) is 0 Å². The van der Waals surface area contributed by atoms with Gasteiger partial charge in [0.05, 0.1) is 0 Å². The van der Waals surface area contributed by atoms with Crippen LogP contribution in [0.5, 0.6) is 0 Å². The fraction of sp³-hybridized carbons (Fsp3) is 0.444. The van der Waals surface area contributed by atoms with Crippen molar-refractivity contribution >= 4 is 5.97 Å². The minimum absolute atomic E-state index is 0.640.